The summed E-state index contributed by atoms with van der Waals surface area (Å²) in [6, 6.07) is 18.0. The van der Waals surface area contributed by atoms with Crippen molar-refractivity contribution in [3.8, 4) is 0 Å². The van der Waals surface area contributed by atoms with Crippen LogP contribution in [0.15, 0.2) is 69.5 Å². The molecule has 0 amide bonds. The molecule has 0 atom stereocenters. The van der Waals surface area contributed by atoms with Crippen molar-refractivity contribution in [3.05, 3.63) is 81.6 Å². The molecule has 0 spiro atoms. The summed E-state index contributed by atoms with van der Waals surface area (Å²) >= 11 is 2.74. The highest BCUT2D eigenvalue weighted by atomic mass is 32.2. The number of aromatic nitrogens is 3. The van der Waals surface area contributed by atoms with Gasteiger partial charge in [0.25, 0.3) is 5.56 Å². The van der Waals surface area contributed by atoms with Gasteiger partial charge in [0.05, 0.1) is 11.3 Å². The van der Waals surface area contributed by atoms with Gasteiger partial charge in [0.15, 0.2) is 5.16 Å². The highest BCUT2D eigenvalue weighted by Gasteiger charge is 2.20. The second kappa shape index (κ2) is 7.55. The number of thioether (sulfide) groups is 1. The number of allylic oxidation sites excluding steroid dienone is 1. The first kappa shape index (κ1) is 18.8. The number of benzene rings is 2. The van der Waals surface area contributed by atoms with E-state index in [-0.39, 0.29) is 5.56 Å². The summed E-state index contributed by atoms with van der Waals surface area (Å²) in [5.41, 5.74) is 11.3. The van der Waals surface area contributed by atoms with E-state index in [2.05, 4.69) is 26.5 Å². The molecule has 3 heterocycles. The summed E-state index contributed by atoms with van der Waals surface area (Å²) in [6.07, 6.45) is 1.80. The van der Waals surface area contributed by atoms with Gasteiger partial charge in [-0.3, -0.25) is 9.79 Å². The fraction of sp³-hybridized carbons (Fsp3) is 0.0909. The molecule has 0 aliphatic carbocycles. The highest BCUT2D eigenvalue weighted by Crippen LogP contribution is 2.36. The third kappa shape index (κ3) is 3.24. The first-order chi connectivity index (χ1) is 14.6. The molecule has 0 bridgehead atoms. The lowest BCUT2D eigenvalue weighted by Crippen LogP contribution is -2.16. The number of anilines is 1. The van der Waals surface area contributed by atoms with Crippen LogP contribution in [0.25, 0.3) is 16.6 Å². The van der Waals surface area contributed by atoms with Gasteiger partial charge in [-0.05, 0) is 24.6 Å². The molecule has 2 N–H and O–H groups in total. The molecule has 6 nitrogen and oxygen atoms in total. The van der Waals surface area contributed by atoms with Crippen LogP contribution in [0.2, 0.25) is 0 Å². The molecule has 0 unspecified atom stereocenters. The molecule has 0 saturated heterocycles. The summed E-state index contributed by atoms with van der Waals surface area (Å²) in [5, 5.41) is 0.723. The normalized spacial score (nSPS) is 14.3. The molecule has 2 aromatic carbocycles. The van der Waals surface area contributed by atoms with E-state index in [4.69, 9.17) is 5.73 Å². The molecule has 148 valence electrons. The number of aliphatic imine (C=N–C) groups is 1. The summed E-state index contributed by atoms with van der Waals surface area (Å²) < 4.78 is 6.24. The lowest BCUT2D eigenvalue weighted by atomic mass is 10.0. The molecule has 0 radical (unpaired) electrons. The number of para-hydroxylation sites is 1. The van der Waals surface area contributed by atoms with Crippen LogP contribution >= 0.6 is 23.3 Å². The monoisotopic (exact) mass is 431 g/mol. The van der Waals surface area contributed by atoms with E-state index >= 15 is 0 Å². The average molecular weight is 432 g/mol. The Bertz CT molecular complexity index is 1390. The second-order valence-electron chi connectivity index (χ2n) is 6.85. The Balaban J connectivity index is 1.59. The van der Waals surface area contributed by atoms with Gasteiger partial charge >= 0.3 is 0 Å². The Labute approximate surface area is 181 Å². The molecule has 8 heteroatoms. The number of fused-ring (bicyclic) bond motifs is 2. The molecule has 0 saturated carbocycles. The van der Waals surface area contributed by atoms with Crippen molar-refractivity contribution in [1.29, 1.82) is 0 Å². The predicted octanol–water partition coefficient (Wildman–Crippen LogP) is 4.67. The van der Waals surface area contributed by atoms with Gasteiger partial charge in [0.1, 0.15) is 5.82 Å². The van der Waals surface area contributed by atoms with Crippen LogP contribution in [0.4, 0.5) is 11.5 Å². The van der Waals surface area contributed by atoms with E-state index in [0.29, 0.717) is 16.3 Å². The van der Waals surface area contributed by atoms with E-state index in [0.717, 1.165) is 33.4 Å². The number of nitrogens with two attached hydrogens (primary N) is 1. The molecule has 2 aromatic heterocycles. The van der Waals surface area contributed by atoms with Gasteiger partial charge in [-0.25, -0.2) is 4.40 Å². The van der Waals surface area contributed by atoms with Crippen LogP contribution in [-0.4, -0.2) is 19.5 Å². The van der Waals surface area contributed by atoms with Crippen molar-refractivity contribution >= 4 is 57.1 Å². The molecular formula is C22H17N5OS2. The van der Waals surface area contributed by atoms with Crippen molar-refractivity contribution in [3.63, 3.8) is 0 Å². The van der Waals surface area contributed by atoms with Crippen LogP contribution in [-0.2, 0) is 5.75 Å². The smallest absolute Gasteiger partial charge is 0.283 e. The topological polar surface area (TPSA) is 85.6 Å². The van der Waals surface area contributed by atoms with E-state index in [1.807, 2.05) is 49.4 Å². The Hall–Kier alpha value is -3.23. The molecular weight excluding hydrogens is 414 g/mol. The Morgan fingerprint density at radius 2 is 1.90 bits per heavy atom. The summed E-state index contributed by atoms with van der Waals surface area (Å²) in [4.78, 5) is 22.0. The maximum absolute atomic E-state index is 12.7. The van der Waals surface area contributed by atoms with Gasteiger partial charge in [0.2, 0.25) is 4.96 Å². The summed E-state index contributed by atoms with van der Waals surface area (Å²) in [6.45, 7) is 1.93. The Morgan fingerprint density at radius 1 is 1.13 bits per heavy atom. The van der Waals surface area contributed by atoms with Crippen LogP contribution in [0, 0.1) is 0 Å². The minimum atomic E-state index is -0.361. The minimum Gasteiger partial charge on any atom is -0.384 e. The second-order valence-corrected chi connectivity index (χ2v) is 8.52. The molecule has 30 heavy (non-hydrogen) atoms. The van der Waals surface area contributed by atoms with Crippen LogP contribution in [0.1, 0.15) is 23.6 Å². The number of nitrogen functional groups attached to an aromatic ring is 1. The zero-order valence-electron chi connectivity index (χ0n) is 16.1. The van der Waals surface area contributed by atoms with E-state index in [1.165, 1.54) is 17.1 Å². The van der Waals surface area contributed by atoms with Crippen molar-refractivity contribution < 1.29 is 0 Å². The van der Waals surface area contributed by atoms with Crippen LogP contribution in [0.3, 0.4) is 0 Å². The number of hydrogen-bond acceptors (Lipinski definition) is 7. The number of hydrogen-bond donors (Lipinski definition) is 1. The fourth-order valence-corrected chi connectivity index (χ4v) is 5.22. The quantitative estimate of drug-likeness (QED) is 0.475. The van der Waals surface area contributed by atoms with Gasteiger partial charge in [-0.15, -0.1) is 0 Å². The van der Waals surface area contributed by atoms with Gasteiger partial charge in [-0.1, -0.05) is 60.3 Å². The fourth-order valence-electron chi connectivity index (χ4n) is 3.41. The Morgan fingerprint density at radius 3 is 2.73 bits per heavy atom. The summed E-state index contributed by atoms with van der Waals surface area (Å²) in [5.74, 6) is 1.10. The lowest BCUT2D eigenvalue weighted by molar-refractivity contribution is 0.950. The molecule has 1 aliphatic rings. The van der Waals surface area contributed by atoms with Crippen molar-refractivity contribution in [2.45, 2.75) is 17.8 Å². The first-order valence-electron chi connectivity index (χ1n) is 9.33. The van der Waals surface area contributed by atoms with Crippen LogP contribution < -0.4 is 11.3 Å². The largest absolute Gasteiger partial charge is 0.384 e. The summed E-state index contributed by atoms with van der Waals surface area (Å²) in [7, 11) is 0. The Kier molecular flexibility index (Phi) is 4.72. The van der Waals surface area contributed by atoms with Crippen molar-refractivity contribution in [2.75, 3.05) is 5.73 Å². The maximum atomic E-state index is 12.7. The van der Waals surface area contributed by atoms with Gasteiger partial charge in [-0.2, -0.15) is 9.36 Å². The third-order valence-corrected chi connectivity index (χ3v) is 6.73. The minimum absolute atomic E-state index is 0.346. The first-order valence-corrected chi connectivity index (χ1v) is 11.1. The van der Waals surface area contributed by atoms with Crippen molar-refractivity contribution in [2.24, 2.45) is 4.99 Å². The van der Waals surface area contributed by atoms with Crippen LogP contribution in [0.5, 0.6) is 0 Å². The number of rotatable bonds is 4. The number of nitrogens with zero attached hydrogens (tertiary/aromatic N) is 4. The molecule has 0 fully saturated rings. The molecule has 5 rings (SSSR count). The van der Waals surface area contributed by atoms with Crippen molar-refractivity contribution in [1.82, 2.24) is 13.8 Å². The van der Waals surface area contributed by atoms with E-state index in [9.17, 15) is 4.79 Å². The standard InChI is InChI=1S/C22H17N5OS2/c1-13-16(15-9-5-6-10-18(15)24-13)11-17-19(23)27-21(25-20(17)28)30-26-22(27)29-12-14-7-3-2-4-8-14/h2-11H,12,23H2,1H3/b16-11+. The SMILES string of the molecule is CC1=Nc2ccccc2/C1=C/c1c(N)n2c(SCc3ccccc3)nsc2nc1=O. The lowest BCUT2D eigenvalue weighted by Gasteiger charge is -2.07. The molecule has 1 aliphatic heterocycles. The van der Waals surface area contributed by atoms with Gasteiger partial charge in [0, 0.05) is 34.1 Å². The maximum Gasteiger partial charge on any atom is 0.283 e. The zero-order valence-corrected chi connectivity index (χ0v) is 17.7. The highest BCUT2D eigenvalue weighted by molar-refractivity contribution is 7.98. The molecule has 4 aromatic rings. The van der Waals surface area contributed by atoms with Gasteiger partial charge < -0.3 is 5.73 Å². The zero-order chi connectivity index (χ0) is 20.7. The van der Waals surface area contributed by atoms with E-state index in [1.54, 1.807) is 22.2 Å². The van der Waals surface area contributed by atoms with E-state index < -0.39 is 0 Å². The predicted molar refractivity (Wildman–Crippen MR) is 125 cm³/mol. The average Bonchev–Trinajstić information content (AvgIpc) is 3.30. The third-order valence-electron chi connectivity index (χ3n) is 4.90.